The van der Waals surface area contributed by atoms with E-state index in [9.17, 15) is 0 Å². The zero-order valence-corrected chi connectivity index (χ0v) is 8.95. The van der Waals surface area contributed by atoms with Gasteiger partial charge in [-0.3, -0.25) is 0 Å². The minimum absolute atomic E-state index is 0.0970. The van der Waals surface area contributed by atoms with Crippen LogP contribution in [0.5, 0.6) is 0 Å². The normalized spacial score (nSPS) is 14.3. The molecule has 14 heavy (non-hydrogen) atoms. The van der Waals surface area contributed by atoms with Gasteiger partial charge in [-0.2, -0.15) is 4.98 Å². The van der Waals surface area contributed by atoms with Crippen LogP contribution in [0.15, 0.2) is 4.52 Å². The minimum Gasteiger partial charge on any atom is -0.365 e. The molecule has 0 saturated carbocycles. The molecule has 0 spiro atoms. The fraction of sp³-hybridized carbons (Fsp3) is 0.778. The Hall–Kier alpha value is -1.10. The van der Waals surface area contributed by atoms with Gasteiger partial charge in [-0.1, -0.05) is 20.8 Å². The lowest BCUT2D eigenvalue weighted by Crippen LogP contribution is -2.19. The maximum Gasteiger partial charge on any atom is 0.260 e. The maximum atomic E-state index is 5.65. The van der Waals surface area contributed by atoms with Crippen LogP contribution in [0.3, 0.4) is 0 Å². The van der Waals surface area contributed by atoms with Crippen LogP contribution in [-0.4, -0.2) is 16.7 Å². The smallest absolute Gasteiger partial charge is 0.260 e. The molecule has 80 valence electrons. The Kier molecular flexibility index (Phi) is 3.10. The third-order valence-corrected chi connectivity index (χ3v) is 1.95. The standard InChI is InChI=1S/C9H18N4O/c1-9(2,3)4-6(5-10)7-12-8(11)13-14-7/h6H,4-5,10H2,1-3H3,(H2,11,13). The van der Waals surface area contributed by atoms with E-state index in [4.69, 9.17) is 16.0 Å². The summed E-state index contributed by atoms with van der Waals surface area (Å²) in [5, 5.41) is 3.55. The summed E-state index contributed by atoms with van der Waals surface area (Å²) >= 11 is 0. The molecule has 1 unspecified atom stereocenters. The van der Waals surface area contributed by atoms with Gasteiger partial charge in [0.05, 0.1) is 5.92 Å². The summed E-state index contributed by atoms with van der Waals surface area (Å²) in [4.78, 5) is 3.99. The lowest BCUT2D eigenvalue weighted by atomic mass is 9.84. The molecule has 0 amide bonds. The van der Waals surface area contributed by atoms with E-state index in [-0.39, 0.29) is 17.3 Å². The number of anilines is 1. The summed E-state index contributed by atoms with van der Waals surface area (Å²) in [7, 11) is 0. The van der Waals surface area contributed by atoms with Gasteiger partial charge in [-0.15, -0.1) is 0 Å². The largest absolute Gasteiger partial charge is 0.365 e. The number of hydrogen-bond acceptors (Lipinski definition) is 5. The van der Waals surface area contributed by atoms with Crippen molar-refractivity contribution in [2.45, 2.75) is 33.1 Å². The van der Waals surface area contributed by atoms with Crippen LogP contribution in [0.1, 0.15) is 39.0 Å². The SMILES string of the molecule is CC(C)(C)CC(CN)c1nc(N)no1. The molecule has 0 saturated heterocycles. The summed E-state index contributed by atoms with van der Waals surface area (Å²) < 4.78 is 5.00. The second-order valence-electron chi connectivity index (χ2n) is 4.69. The molecular formula is C9H18N4O. The van der Waals surface area contributed by atoms with Crippen molar-refractivity contribution in [1.82, 2.24) is 10.1 Å². The second-order valence-corrected chi connectivity index (χ2v) is 4.69. The first-order valence-corrected chi connectivity index (χ1v) is 4.71. The number of rotatable bonds is 3. The molecule has 0 aliphatic carbocycles. The summed E-state index contributed by atoms with van der Waals surface area (Å²) in [6.07, 6.45) is 0.908. The van der Waals surface area contributed by atoms with Gasteiger partial charge in [0, 0.05) is 6.54 Å². The molecule has 1 aromatic heterocycles. The van der Waals surface area contributed by atoms with E-state index in [0.717, 1.165) is 6.42 Å². The Bertz CT molecular complexity index is 289. The average Bonchev–Trinajstić information content (AvgIpc) is 2.46. The van der Waals surface area contributed by atoms with Crippen molar-refractivity contribution in [2.75, 3.05) is 12.3 Å². The van der Waals surface area contributed by atoms with Crippen molar-refractivity contribution < 1.29 is 4.52 Å². The Morgan fingerprint density at radius 3 is 2.43 bits per heavy atom. The van der Waals surface area contributed by atoms with E-state index in [2.05, 4.69) is 30.9 Å². The first-order chi connectivity index (χ1) is 6.42. The van der Waals surface area contributed by atoms with Crippen molar-refractivity contribution in [3.63, 3.8) is 0 Å². The molecule has 1 heterocycles. The molecule has 0 aliphatic heterocycles. The monoisotopic (exact) mass is 198 g/mol. The van der Waals surface area contributed by atoms with Crippen molar-refractivity contribution in [3.8, 4) is 0 Å². The molecule has 4 N–H and O–H groups in total. The van der Waals surface area contributed by atoms with Crippen molar-refractivity contribution in [2.24, 2.45) is 11.1 Å². The van der Waals surface area contributed by atoms with Crippen LogP contribution in [0.25, 0.3) is 0 Å². The quantitative estimate of drug-likeness (QED) is 0.759. The molecule has 0 fully saturated rings. The third kappa shape index (κ3) is 2.99. The molecule has 0 aliphatic rings. The van der Waals surface area contributed by atoms with Crippen molar-refractivity contribution in [1.29, 1.82) is 0 Å². The molecule has 0 aromatic carbocycles. The molecule has 0 radical (unpaired) electrons. The van der Waals surface area contributed by atoms with Gasteiger partial charge in [0.1, 0.15) is 0 Å². The summed E-state index contributed by atoms with van der Waals surface area (Å²) in [5.74, 6) is 0.812. The number of nitrogen functional groups attached to an aromatic ring is 1. The lowest BCUT2D eigenvalue weighted by molar-refractivity contribution is 0.287. The van der Waals surface area contributed by atoms with E-state index in [1.54, 1.807) is 0 Å². The van der Waals surface area contributed by atoms with Crippen LogP contribution in [0.2, 0.25) is 0 Å². The highest BCUT2D eigenvalue weighted by Gasteiger charge is 2.23. The van der Waals surface area contributed by atoms with E-state index in [1.807, 2.05) is 0 Å². The third-order valence-electron chi connectivity index (χ3n) is 1.95. The van der Waals surface area contributed by atoms with Crippen LogP contribution >= 0.6 is 0 Å². The Labute approximate surface area is 83.9 Å². The summed E-state index contributed by atoms with van der Waals surface area (Å²) in [5.41, 5.74) is 11.2. The summed E-state index contributed by atoms with van der Waals surface area (Å²) in [6, 6.07) is 0. The highest BCUT2D eigenvalue weighted by molar-refractivity contribution is 5.12. The predicted molar refractivity (Wildman–Crippen MR) is 54.6 cm³/mol. The van der Waals surface area contributed by atoms with Crippen LogP contribution < -0.4 is 11.5 Å². The van der Waals surface area contributed by atoms with Gasteiger partial charge >= 0.3 is 0 Å². The van der Waals surface area contributed by atoms with Gasteiger partial charge in [-0.05, 0) is 17.0 Å². The van der Waals surface area contributed by atoms with Gasteiger partial charge in [-0.25, -0.2) is 0 Å². The predicted octanol–water partition coefficient (Wildman–Crippen LogP) is 1.13. The number of aromatic nitrogens is 2. The zero-order valence-electron chi connectivity index (χ0n) is 8.95. The maximum absolute atomic E-state index is 5.65. The minimum atomic E-state index is 0.0970. The van der Waals surface area contributed by atoms with Gasteiger partial charge in [0.25, 0.3) is 5.95 Å². The van der Waals surface area contributed by atoms with E-state index >= 15 is 0 Å². The molecule has 5 nitrogen and oxygen atoms in total. The van der Waals surface area contributed by atoms with Crippen molar-refractivity contribution >= 4 is 5.95 Å². The van der Waals surface area contributed by atoms with Gasteiger partial charge < -0.3 is 16.0 Å². The van der Waals surface area contributed by atoms with E-state index in [1.165, 1.54) is 0 Å². The first kappa shape index (κ1) is 11.0. The van der Waals surface area contributed by atoms with E-state index < -0.39 is 0 Å². The zero-order chi connectivity index (χ0) is 10.8. The first-order valence-electron chi connectivity index (χ1n) is 4.71. The number of hydrogen-bond donors (Lipinski definition) is 2. The molecule has 1 atom stereocenters. The highest BCUT2D eigenvalue weighted by Crippen LogP contribution is 2.29. The Morgan fingerprint density at radius 2 is 2.07 bits per heavy atom. The van der Waals surface area contributed by atoms with Gasteiger partial charge in [0.15, 0.2) is 0 Å². The topological polar surface area (TPSA) is 91.0 Å². The van der Waals surface area contributed by atoms with E-state index in [0.29, 0.717) is 12.4 Å². The fourth-order valence-electron chi connectivity index (χ4n) is 1.42. The number of nitrogens with zero attached hydrogens (tertiary/aromatic N) is 2. The fourth-order valence-corrected chi connectivity index (χ4v) is 1.42. The lowest BCUT2D eigenvalue weighted by Gasteiger charge is -2.22. The molecule has 1 aromatic rings. The van der Waals surface area contributed by atoms with Crippen LogP contribution in [0.4, 0.5) is 5.95 Å². The van der Waals surface area contributed by atoms with Crippen LogP contribution in [-0.2, 0) is 0 Å². The number of nitrogens with two attached hydrogens (primary N) is 2. The summed E-state index contributed by atoms with van der Waals surface area (Å²) in [6.45, 7) is 6.94. The van der Waals surface area contributed by atoms with Gasteiger partial charge in [0.2, 0.25) is 5.89 Å². The second kappa shape index (κ2) is 3.96. The average molecular weight is 198 g/mol. The Morgan fingerprint density at radius 1 is 1.43 bits per heavy atom. The molecule has 1 rings (SSSR count). The highest BCUT2D eigenvalue weighted by atomic mass is 16.5. The van der Waals surface area contributed by atoms with Crippen molar-refractivity contribution in [3.05, 3.63) is 5.89 Å². The Balaban J connectivity index is 2.72. The molecule has 0 bridgehead atoms. The molecule has 5 heteroatoms. The van der Waals surface area contributed by atoms with Crippen LogP contribution in [0, 0.1) is 5.41 Å². The molecular weight excluding hydrogens is 180 g/mol.